The molecule has 1 aromatic rings. The van der Waals surface area contributed by atoms with E-state index in [-0.39, 0.29) is 18.6 Å². The number of H-pyrrole nitrogens is 1. The second kappa shape index (κ2) is 12.5. The molecule has 13 nitrogen and oxygen atoms in total. The number of amides is 3. The third kappa shape index (κ3) is 9.04. The van der Waals surface area contributed by atoms with Crippen LogP contribution in [0.1, 0.15) is 25.5 Å². The van der Waals surface area contributed by atoms with Gasteiger partial charge in [0.15, 0.2) is 0 Å². The molecule has 31 heavy (non-hydrogen) atoms. The van der Waals surface area contributed by atoms with E-state index in [4.69, 9.17) is 15.9 Å². The molecule has 0 fully saturated rings. The number of thiol groups is 1. The number of carboxylic acids is 2. The summed E-state index contributed by atoms with van der Waals surface area (Å²) in [6, 6.07) is -4.64. The molecule has 172 valence electrons. The van der Waals surface area contributed by atoms with E-state index in [0.29, 0.717) is 5.69 Å². The van der Waals surface area contributed by atoms with E-state index < -0.39 is 60.2 Å². The monoisotopic (exact) mass is 458 g/mol. The van der Waals surface area contributed by atoms with Crippen LogP contribution in [-0.4, -0.2) is 79.8 Å². The van der Waals surface area contributed by atoms with Crippen LogP contribution in [0, 0.1) is 0 Å². The van der Waals surface area contributed by atoms with Gasteiger partial charge in [-0.15, -0.1) is 0 Å². The fourth-order valence-electron chi connectivity index (χ4n) is 2.40. The largest absolute Gasteiger partial charge is 0.481 e. The lowest BCUT2D eigenvalue weighted by atomic mass is 10.1. The molecule has 0 spiro atoms. The van der Waals surface area contributed by atoms with Crippen LogP contribution in [0.2, 0.25) is 0 Å². The Morgan fingerprint density at radius 1 is 1.10 bits per heavy atom. The van der Waals surface area contributed by atoms with Gasteiger partial charge in [0, 0.05) is 30.5 Å². The summed E-state index contributed by atoms with van der Waals surface area (Å²) in [5.41, 5.74) is 6.45. The lowest BCUT2D eigenvalue weighted by Gasteiger charge is -2.22. The van der Waals surface area contributed by atoms with Crippen LogP contribution in [0.15, 0.2) is 12.5 Å². The highest BCUT2D eigenvalue weighted by molar-refractivity contribution is 7.80. The van der Waals surface area contributed by atoms with Gasteiger partial charge in [-0.3, -0.25) is 19.2 Å². The summed E-state index contributed by atoms with van der Waals surface area (Å²) in [4.78, 5) is 65.2. The molecule has 1 aromatic heterocycles. The van der Waals surface area contributed by atoms with Crippen molar-refractivity contribution in [1.82, 2.24) is 25.9 Å². The van der Waals surface area contributed by atoms with E-state index in [1.165, 1.54) is 19.4 Å². The minimum Gasteiger partial charge on any atom is -0.481 e. The molecule has 4 atom stereocenters. The fourth-order valence-corrected chi connectivity index (χ4v) is 2.66. The van der Waals surface area contributed by atoms with Gasteiger partial charge in [-0.25, -0.2) is 9.78 Å². The maximum atomic E-state index is 12.4. The molecule has 8 N–H and O–H groups in total. The number of aromatic amines is 1. The zero-order valence-electron chi connectivity index (χ0n) is 16.7. The number of aromatic nitrogens is 2. The third-order valence-electron chi connectivity index (χ3n) is 4.16. The van der Waals surface area contributed by atoms with Crippen LogP contribution in [0.4, 0.5) is 0 Å². The zero-order valence-corrected chi connectivity index (χ0v) is 17.6. The molecule has 3 amide bonds. The number of imidazole rings is 1. The van der Waals surface area contributed by atoms with Crippen molar-refractivity contribution >= 4 is 42.3 Å². The molecule has 0 bridgehead atoms. The van der Waals surface area contributed by atoms with Gasteiger partial charge < -0.3 is 36.9 Å². The molecule has 0 aromatic carbocycles. The van der Waals surface area contributed by atoms with Gasteiger partial charge in [-0.1, -0.05) is 0 Å². The number of hydrogen-bond acceptors (Lipinski definition) is 8. The SMILES string of the molecule is CC(NC(=O)C(CS)NC(=O)C(N)Cc1cnc[nH]1)C(=O)NC(CCC(=O)O)C(=O)O. The molecular weight excluding hydrogens is 432 g/mol. The normalized spacial score (nSPS) is 14.5. The quantitative estimate of drug-likeness (QED) is 0.148. The van der Waals surface area contributed by atoms with Crippen molar-refractivity contribution < 1.29 is 34.2 Å². The smallest absolute Gasteiger partial charge is 0.326 e. The Bertz CT molecular complexity index is 788. The Balaban J connectivity index is 2.60. The van der Waals surface area contributed by atoms with Gasteiger partial charge >= 0.3 is 11.9 Å². The number of carbonyl (C=O) groups excluding carboxylic acids is 3. The first-order valence-electron chi connectivity index (χ1n) is 9.24. The van der Waals surface area contributed by atoms with Crippen molar-refractivity contribution in [3.8, 4) is 0 Å². The van der Waals surface area contributed by atoms with E-state index in [1.54, 1.807) is 0 Å². The van der Waals surface area contributed by atoms with E-state index in [9.17, 15) is 24.0 Å². The van der Waals surface area contributed by atoms with Crippen LogP contribution in [0.3, 0.4) is 0 Å². The molecule has 0 saturated heterocycles. The van der Waals surface area contributed by atoms with Crippen molar-refractivity contribution in [2.24, 2.45) is 5.73 Å². The Kier molecular flexibility index (Phi) is 10.5. The molecule has 1 rings (SSSR count). The van der Waals surface area contributed by atoms with E-state index in [1.807, 2.05) is 0 Å². The summed E-state index contributed by atoms with van der Waals surface area (Å²) < 4.78 is 0. The zero-order chi connectivity index (χ0) is 23.6. The lowest BCUT2D eigenvalue weighted by molar-refractivity contribution is -0.143. The molecule has 0 aliphatic carbocycles. The maximum Gasteiger partial charge on any atom is 0.326 e. The minimum atomic E-state index is -1.43. The van der Waals surface area contributed by atoms with Crippen LogP contribution >= 0.6 is 12.6 Å². The van der Waals surface area contributed by atoms with Gasteiger partial charge in [0.2, 0.25) is 17.7 Å². The Labute approximate surface area is 183 Å². The Morgan fingerprint density at radius 2 is 1.74 bits per heavy atom. The number of aliphatic carboxylic acids is 2. The molecule has 14 heteroatoms. The number of hydrogen-bond donors (Lipinski definition) is 8. The van der Waals surface area contributed by atoms with Crippen molar-refractivity contribution in [2.45, 2.75) is 50.4 Å². The predicted molar refractivity (Wildman–Crippen MR) is 110 cm³/mol. The number of carbonyl (C=O) groups is 5. The highest BCUT2D eigenvalue weighted by Gasteiger charge is 2.28. The number of nitrogens with two attached hydrogens (primary N) is 1. The fraction of sp³-hybridized carbons (Fsp3) is 0.529. The molecule has 0 saturated carbocycles. The molecule has 0 aliphatic rings. The van der Waals surface area contributed by atoms with Crippen molar-refractivity contribution in [2.75, 3.05) is 5.75 Å². The summed E-state index contributed by atoms with van der Waals surface area (Å²) >= 11 is 4.02. The minimum absolute atomic E-state index is 0.0843. The number of rotatable bonds is 13. The first kappa shape index (κ1) is 25.9. The summed E-state index contributed by atoms with van der Waals surface area (Å²) in [7, 11) is 0. The molecule has 4 unspecified atom stereocenters. The topological polar surface area (TPSA) is 217 Å². The van der Waals surface area contributed by atoms with E-state index in [2.05, 4.69) is 38.5 Å². The summed E-state index contributed by atoms with van der Waals surface area (Å²) in [5.74, 6) is -4.86. The molecule has 1 heterocycles. The predicted octanol–water partition coefficient (Wildman–Crippen LogP) is -2.37. The van der Waals surface area contributed by atoms with Crippen LogP contribution in [-0.2, 0) is 30.4 Å². The first-order chi connectivity index (χ1) is 14.5. The highest BCUT2D eigenvalue weighted by atomic mass is 32.1. The number of nitrogens with one attached hydrogen (secondary N) is 4. The van der Waals surface area contributed by atoms with Crippen molar-refractivity contribution in [1.29, 1.82) is 0 Å². The second-order valence-corrected chi connectivity index (χ2v) is 7.06. The van der Waals surface area contributed by atoms with Crippen molar-refractivity contribution in [3.63, 3.8) is 0 Å². The number of carboxylic acid groups (broad SMARTS) is 2. The standard InChI is InChI=1S/C17H26N6O7S/c1-8(14(26)22-11(17(29)30)2-3-13(24)25)21-16(28)12(6-31)23-15(27)10(18)4-9-5-19-7-20-9/h5,7-8,10-12,31H,2-4,6,18H2,1H3,(H,19,20)(H,21,28)(H,22,26)(H,23,27)(H,24,25)(H,29,30). The second-order valence-electron chi connectivity index (χ2n) is 6.69. The van der Waals surface area contributed by atoms with Crippen LogP contribution in [0.5, 0.6) is 0 Å². The Hall–Kier alpha value is -3.13. The van der Waals surface area contributed by atoms with Gasteiger partial charge in [0.1, 0.15) is 18.1 Å². The van der Waals surface area contributed by atoms with Gasteiger partial charge in [0.25, 0.3) is 0 Å². The lowest BCUT2D eigenvalue weighted by Crippen LogP contribution is -2.57. The Morgan fingerprint density at radius 3 is 2.26 bits per heavy atom. The van der Waals surface area contributed by atoms with Crippen LogP contribution < -0.4 is 21.7 Å². The van der Waals surface area contributed by atoms with Gasteiger partial charge in [0.05, 0.1) is 12.4 Å². The van der Waals surface area contributed by atoms with Gasteiger partial charge in [-0.2, -0.15) is 12.6 Å². The number of nitrogens with zero attached hydrogens (tertiary/aromatic N) is 1. The maximum absolute atomic E-state index is 12.4. The third-order valence-corrected chi connectivity index (χ3v) is 4.53. The molecule has 0 aliphatic heterocycles. The highest BCUT2D eigenvalue weighted by Crippen LogP contribution is 2.01. The van der Waals surface area contributed by atoms with Crippen molar-refractivity contribution in [3.05, 3.63) is 18.2 Å². The average molecular weight is 458 g/mol. The van der Waals surface area contributed by atoms with Gasteiger partial charge in [-0.05, 0) is 13.3 Å². The first-order valence-corrected chi connectivity index (χ1v) is 9.87. The summed E-state index contributed by atoms with van der Waals surface area (Å²) in [6.07, 6.45) is 2.34. The van der Waals surface area contributed by atoms with Crippen LogP contribution in [0.25, 0.3) is 0 Å². The van der Waals surface area contributed by atoms with E-state index >= 15 is 0 Å². The molecule has 0 radical (unpaired) electrons. The summed E-state index contributed by atoms with van der Waals surface area (Å²) in [5, 5.41) is 24.7. The average Bonchev–Trinajstić information content (AvgIpc) is 3.21. The molecular formula is C17H26N6O7S. The van der Waals surface area contributed by atoms with E-state index in [0.717, 1.165) is 0 Å². The summed E-state index contributed by atoms with van der Waals surface area (Å²) in [6.45, 7) is 1.31.